The maximum Gasteiger partial charge on any atom is 0.201 e. The van der Waals surface area contributed by atoms with Crippen LogP contribution in [0.3, 0.4) is 0 Å². The first kappa shape index (κ1) is 11.7. The summed E-state index contributed by atoms with van der Waals surface area (Å²) < 4.78 is 1.42. The normalized spacial score (nSPS) is 10.6. The summed E-state index contributed by atoms with van der Waals surface area (Å²) in [6.45, 7) is 0. The van der Waals surface area contributed by atoms with Crippen molar-refractivity contribution in [1.29, 1.82) is 0 Å². The van der Waals surface area contributed by atoms with Crippen molar-refractivity contribution in [2.75, 3.05) is 5.84 Å². The molecule has 5 nitrogen and oxygen atoms in total. The van der Waals surface area contributed by atoms with Crippen LogP contribution in [0, 0.1) is 0 Å². The number of benzene rings is 1. The van der Waals surface area contributed by atoms with Gasteiger partial charge in [-0.05, 0) is 36.4 Å². The Kier molecular flexibility index (Phi) is 2.89. The molecular formula is C13H10ClN5. The fourth-order valence-electron chi connectivity index (χ4n) is 1.76. The first-order valence-electron chi connectivity index (χ1n) is 5.63. The highest BCUT2D eigenvalue weighted by molar-refractivity contribution is 6.30. The molecule has 3 aromatic rings. The van der Waals surface area contributed by atoms with Crippen LogP contribution in [0.4, 0.5) is 0 Å². The summed E-state index contributed by atoms with van der Waals surface area (Å²) >= 11 is 5.86. The van der Waals surface area contributed by atoms with Crippen LogP contribution in [0.2, 0.25) is 5.02 Å². The van der Waals surface area contributed by atoms with Gasteiger partial charge in [0.2, 0.25) is 5.82 Å². The highest BCUT2D eigenvalue weighted by Crippen LogP contribution is 2.22. The minimum absolute atomic E-state index is 0.519. The molecule has 6 heteroatoms. The molecule has 0 aliphatic heterocycles. The van der Waals surface area contributed by atoms with Gasteiger partial charge in [0, 0.05) is 16.8 Å². The van der Waals surface area contributed by atoms with Gasteiger partial charge in [0.15, 0.2) is 5.82 Å². The first-order chi connectivity index (χ1) is 9.25. The van der Waals surface area contributed by atoms with Gasteiger partial charge in [0.1, 0.15) is 5.69 Å². The number of nitrogen functional groups attached to an aromatic ring is 1. The molecule has 0 spiro atoms. The molecule has 94 valence electrons. The largest absolute Gasteiger partial charge is 0.336 e. The van der Waals surface area contributed by atoms with E-state index in [0.29, 0.717) is 22.4 Å². The van der Waals surface area contributed by atoms with E-state index < -0.39 is 0 Å². The van der Waals surface area contributed by atoms with Gasteiger partial charge in [-0.1, -0.05) is 17.7 Å². The summed E-state index contributed by atoms with van der Waals surface area (Å²) in [5.41, 5.74) is 1.53. The molecule has 0 radical (unpaired) electrons. The van der Waals surface area contributed by atoms with Crippen LogP contribution in [0.15, 0.2) is 48.7 Å². The number of halogens is 1. The molecule has 0 fully saturated rings. The third-order valence-electron chi connectivity index (χ3n) is 2.69. The Morgan fingerprint density at radius 3 is 2.37 bits per heavy atom. The Balaban J connectivity index is 2.06. The van der Waals surface area contributed by atoms with E-state index in [0.717, 1.165) is 5.56 Å². The van der Waals surface area contributed by atoms with Crippen LogP contribution in [0.25, 0.3) is 22.9 Å². The van der Waals surface area contributed by atoms with Crippen LogP contribution in [-0.2, 0) is 0 Å². The van der Waals surface area contributed by atoms with Crippen molar-refractivity contribution in [2.45, 2.75) is 0 Å². The highest BCUT2D eigenvalue weighted by atomic mass is 35.5. The fourth-order valence-corrected chi connectivity index (χ4v) is 1.88. The van der Waals surface area contributed by atoms with Crippen molar-refractivity contribution >= 4 is 11.6 Å². The van der Waals surface area contributed by atoms with Crippen LogP contribution in [-0.4, -0.2) is 19.9 Å². The summed E-state index contributed by atoms with van der Waals surface area (Å²) in [5, 5.41) is 8.84. The molecule has 0 unspecified atom stereocenters. The fraction of sp³-hybridized carbons (Fsp3) is 0. The summed E-state index contributed by atoms with van der Waals surface area (Å²) in [6, 6.07) is 12.8. The number of aromatic nitrogens is 4. The van der Waals surface area contributed by atoms with E-state index in [9.17, 15) is 0 Å². The number of nitrogens with zero attached hydrogens (tertiary/aromatic N) is 4. The molecule has 0 saturated carbocycles. The average molecular weight is 272 g/mol. The van der Waals surface area contributed by atoms with Crippen LogP contribution in [0.5, 0.6) is 0 Å². The molecule has 19 heavy (non-hydrogen) atoms. The van der Waals surface area contributed by atoms with E-state index in [2.05, 4.69) is 15.2 Å². The summed E-state index contributed by atoms with van der Waals surface area (Å²) in [6.07, 6.45) is 1.69. The van der Waals surface area contributed by atoms with Gasteiger partial charge in [-0.15, -0.1) is 10.2 Å². The van der Waals surface area contributed by atoms with Crippen LogP contribution < -0.4 is 5.84 Å². The van der Waals surface area contributed by atoms with Crippen molar-refractivity contribution < 1.29 is 0 Å². The minimum Gasteiger partial charge on any atom is -0.336 e. The lowest BCUT2D eigenvalue weighted by Crippen LogP contribution is -2.12. The third-order valence-corrected chi connectivity index (χ3v) is 2.94. The first-order valence-corrected chi connectivity index (χ1v) is 6.01. The summed E-state index contributed by atoms with van der Waals surface area (Å²) in [5.74, 6) is 7.11. The van der Waals surface area contributed by atoms with E-state index in [1.54, 1.807) is 18.3 Å². The molecule has 0 saturated heterocycles. The Morgan fingerprint density at radius 1 is 0.947 bits per heavy atom. The average Bonchev–Trinajstić information content (AvgIpc) is 2.83. The number of pyridine rings is 1. The summed E-state index contributed by atoms with van der Waals surface area (Å²) in [7, 11) is 0. The Bertz CT molecular complexity index is 691. The maximum atomic E-state index is 6.02. The number of hydrogen-bond donors (Lipinski definition) is 1. The zero-order valence-corrected chi connectivity index (χ0v) is 10.6. The van der Waals surface area contributed by atoms with Crippen molar-refractivity contribution in [3.63, 3.8) is 0 Å². The van der Waals surface area contributed by atoms with Crippen molar-refractivity contribution in [3.05, 3.63) is 53.7 Å². The Hall–Kier alpha value is -2.40. The van der Waals surface area contributed by atoms with Crippen molar-refractivity contribution in [1.82, 2.24) is 19.9 Å². The molecular weight excluding hydrogens is 262 g/mol. The quantitative estimate of drug-likeness (QED) is 0.727. The topological polar surface area (TPSA) is 69.6 Å². The minimum atomic E-state index is 0.519. The van der Waals surface area contributed by atoms with E-state index in [-0.39, 0.29) is 0 Å². The molecule has 2 heterocycles. The van der Waals surface area contributed by atoms with E-state index >= 15 is 0 Å². The molecule has 0 amide bonds. The number of rotatable bonds is 2. The second-order valence-electron chi connectivity index (χ2n) is 3.94. The number of hydrogen-bond acceptors (Lipinski definition) is 4. The predicted molar refractivity (Wildman–Crippen MR) is 73.8 cm³/mol. The van der Waals surface area contributed by atoms with Crippen LogP contribution >= 0.6 is 11.6 Å². The predicted octanol–water partition coefficient (Wildman–Crippen LogP) is 2.37. The molecule has 1 aromatic carbocycles. The zero-order chi connectivity index (χ0) is 13.2. The van der Waals surface area contributed by atoms with E-state index in [1.165, 1.54) is 4.68 Å². The lowest BCUT2D eigenvalue weighted by molar-refractivity contribution is 1.01. The molecule has 3 rings (SSSR count). The lowest BCUT2D eigenvalue weighted by atomic mass is 10.2. The van der Waals surface area contributed by atoms with E-state index in [4.69, 9.17) is 17.4 Å². The van der Waals surface area contributed by atoms with E-state index in [1.807, 2.05) is 30.3 Å². The van der Waals surface area contributed by atoms with Gasteiger partial charge in [-0.3, -0.25) is 4.98 Å². The van der Waals surface area contributed by atoms with Crippen molar-refractivity contribution in [2.24, 2.45) is 0 Å². The second kappa shape index (κ2) is 4.70. The smallest absolute Gasteiger partial charge is 0.201 e. The monoisotopic (exact) mass is 271 g/mol. The van der Waals surface area contributed by atoms with Gasteiger partial charge in [-0.25, -0.2) is 4.68 Å². The van der Waals surface area contributed by atoms with Gasteiger partial charge in [-0.2, -0.15) is 0 Å². The highest BCUT2D eigenvalue weighted by Gasteiger charge is 2.13. The Morgan fingerprint density at radius 2 is 1.68 bits per heavy atom. The maximum absolute atomic E-state index is 6.02. The third kappa shape index (κ3) is 2.15. The standard InChI is InChI=1S/C13H10ClN5/c14-10-6-4-9(5-7-10)12-17-18-13(19(12)15)11-3-1-2-8-16-11/h1-8H,15H2. The zero-order valence-electron chi connectivity index (χ0n) is 9.86. The SMILES string of the molecule is Nn1c(-c2ccc(Cl)cc2)nnc1-c1ccccn1. The van der Waals surface area contributed by atoms with Gasteiger partial charge in [0.25, 0.3) is 0 Å². The summed E-state index contributed by atoms with van der Waals surface area (Å²) in [4.78, 5) is 4.21. The lowest BCUT2D eigenvalue weighted by Gasteiger charge is -2.03. The molecule has 0 aliphatic carbocycles. The van der Waals surface area contributed by atoms with Gasteiger partial charge >= 0.3 is 0 Å². The Labute approximate surface area is 114 Å². The van der Waals surface area contributed by atoms with Gasteiger partial charge in [0.05, 0.1) is 0 Å². The molecule has 2 N–H and O–H groups in total. The molecule has 0 aliphatic rings. The number of nitrogens with two attached hydrogens (primary N) is 1. The molecule has 0 bridgehead atoms. The van der Waals surface area contributed by atoms with Gasteiger partial charge < -0.3 is 5.84 Å². The van der Waals surface area contributed by atoms with Crippen molar-refractivity contribution in [3.8, 4) is 22.9 Å². The van der Waals surface area contributed by atoms with Crippen LogP contribution in [0.1, 0.15) is 0 Å². The molecule has 2 aromatic heterocycles. The second-order valence-corrected chi connectivity index (χ2v) is 4.38. The molecule has 0 atom stereocenters.